The lowest BCUT2D eigenvalue weighted by atomic mass is 9.99. The number of H-pyrrole nitrogens is 1. The fourth-order valence-corrected chi connectivity index (χ4v) is 1.68. The molecule has 5 heteroatoms. The number of ether oxygens (including phenoxy) is 1. The standard InChI is InChI=1S/C11H17N3O2/c1-3-11(2,12)10-13-8-4-5-16-6-7(8)9(15)14-10/h3-6,12H2,1-2H3,(H,13,14,15). The Balaban J connectivity index is 2.51. The highest BCUT2D eigenvalue weighted by molar-refractivity contribution is 5.21. The highest BCUT2D eigenvalue weighted by Gasteiger charge is 2.25. The van der Waals surface area contributed by atoms with E-state index in [1.807, 2.05) is 13.8 Å². The van der Waals surface area contributed by atoms with Crippen LogP contribution in [0, 0.1) is 0 Å². The molecule has 0 bridgehead atoms. The zero-order chi connectivity index (χ0) is 11.8. The molecule has 5 nitrogen and oxygen atoms in total. The average molecular weight is 223 g/mol. The Bertz CT molecular complexity index is 451. The molecular formula is C11H17N3O2. The summed E-state index contributed by atoms with van der Waals surface area (Å²) in [6, 6.07) is 0. The van der Waals surface area contributed by atoms with E-state index in [2.05, 4.69) is 9.97 Å². The van der Waals surface area contributed by atoms with E-state index in [1.165, 1.54) is 0 Å². The van der Waals surface area contributed by atoms with Gasteiger partial charge in [-0.3, -0.25) is 4.79 Å². The molecule has 88 valence electrons. The van der Waals surface area contributed by atoms with Crippen LogP contribution in [0.3, 0.4) is 0 Å². The van der Waals surface area contributed by atoms with Crippen molar-refractivity contribution in [2.24, 2.45) is 5.73 Å². The first-order valence-electron chi connectivity index (χ1n) is 5.54. The third-order valence-corrected chi connectivity index (χ3v) is 3.11. The summed E-state index contributed by atoms with van der Waals surface area (Å²) in [6.07, 6.45) is 1.41. The number of rotatable bonds is 2. The maximum Gasteiger partial charge on any atom is 0.256 e. The molecule has 0 fully saturated rings. The first-order chi connectivity index (χ1) is 7.54. The Hall–Kier alpha value is -1.20. The summed E-state index contributed by atoms with van der Waals surface area (Å²) in [6.45, 7) is 4.82. The van der Waals surface area contributed by atoms with Gasteiger partial charge in [-0.1, -0.05) is 6.92 Å². The van der Waals surface area contributed by atoms with Crippen LogP contribution in [0.4, 0.5) is 0 Å². The Labute approximate surface area is 94.0 Å². The summed E-state index contributed by atoms with van der Waals surface area (Å²) in [5.41, 5.74) is 6.85. The fourth-order valence-electron chi connectivity index (χ4n) is 1.68. The lowest BCUT2D eigenvalue weighted by Crippen LogP contribution is -2.38. The topological polar surface area (TPSA) is 81.0 Å². The van der Waals surface area contributed by atoms with Crippen LogP contribution in [0.5, 0.6) is 0 Å². The number of hydrogen-bond donors (Lipinski definition) is 2. The average Bonchev–Trinajstić information content (AvgIpc) is 2.29. The molecule has 0 saturated carbocycles. The van der Waals surface area contributed by atoms with Gasteiger partial charge in [0.05, 0.1) is 30.0 Å². The second-order valence-electron chi connectivity index (χ2n) is 4.41. The van der Waals surface area contributed by atoms with Crippen molar-refractivity contribution in [2.75, 3.05) is 6.61 Å². The Morgan fingerprint density at radius 1 is 1.62 bits per heavy atom. The van der Waals surface area contributed by atoms with Crippen molar-refractivity contribution >= 4 is 0 Å². The van der Waals surface area contributed by atoms with Gasteiger partial charge < -0.3 is 15.5 Å². The third-order valence-electron chi connectivity index (χ3n) is 3.11. The summed E-state index contributed by atoms with van der Waals surface area (Å²) >= 11 is 0. The van der Waals surface area contributed by atoms with E-state index in [0.29, 0.717) is 31.0 Å². The van der Waals surface area contributed by atoms with Gasteiger partial charge >= 0.3 is 0 Å². The van der Waals surface area contributed by atoms with E-state index in [0.717, 1.165) is 12.1 Å². The number of aromatic nitrogens is 2. The second kappa shape index (κ2) is 3.99. The minimum Gasteiger partial charge on any atom is -0.376 e. The zero-order valence-electron chi connectivity index (χ0n) is 9.67. The molecule has 2 heterocycles. The molecule has 1 unspecified atom stereocenters. The lowest BCUT2D eigenvalue weighted by Gasteiger charge is -2.24. The van der Waals surface area contributed by atoms with Crippen molar-refractivity contribution in [3.8, 4) is 0 Å². The summed E-state index contributed by atoms with van der Waals surface area (Å²) in [7, 11) is 0. The molecule has 2 rings (SSSR count). The highest BCUT2D eigenvalue weighted by atomic mass is 16.5. The fraction of sp³-hybridized carbons (Fsp3) is 0.636. The molecule has 0 aliphatic carbocycles. The number of aromatic amines is 1. The summed E-state index contributed by atoms with van der Waals surface area (Å²) in [5.74, 6) is 0.570. The minimum atomic E-state index is -0.577. The van der Waals surface area contributed by atoms with Crippen LogP contribution in [-0.2, 0) is 23.3 Å². The molecule has 1 aliphatic rings. The molecule has 0 radical (unpaired) electrons. The molecule has 0 saturated heterocycles. The van der Waals surface area contributed by atoms with Crippen molar-refractivity contribution in [3.63, 3.8) is 0 Å². The van der Waals surface area contributed by atoms with Crippen molar-refractivity contribution in [2.45, 2.75) is 38.8 Å². The van der Waals surface area contributed by atoms with Crippen LogP contribution in [0.2, 0.25) is 0 Å². The molecule has 0 aromatic carbocycles. The minimum absolute atomic E-state index is 0.121. The van der Waals surface area contributed by atoms with E-state index in [4.69, 9.17) is 10.5 Å². The molecule has 1 aromatic rings. The lowest BCUT2D eigenvalue weighted by molar-refractivity contribution is 0.107. The van der Waals surface area contributed by atoms with Crippen LogP contribution in [0.1, 0.15) is 37.4 Å². The van der Waals surface area contributed by atoms with Gasteiger partial charge in [0, 0.05) is 6.42 Å². The number of hydrogen-bond acceptors (Lipinski definition) is 4. The van der Waals surface area contributed by atoms with Gasteiger partial charge in [0.2, 0.25) is 0 Å². The normalized spacial score (nSPS) is 18.9. The Morgan fingerprint density at radius 3 is 3.06 bits per heavy atom. The van der Waals surface area contributed by atoms with Gasteiger partial charge in [-0.25, -0.2) is 4.98 Å². The first kappa shape index (κ1) is 11.3. The number of nitrogens with zero attached hydrogens (tertiary/aromatic N) is 1. The van der Waals surface area contributed by atoms with Crippen molar-refractivity contribution in [1.29, 1.82) is 0 Å². The van der Waals surface area contributed by atoms with Crippen molar-refractivity contribution in [3.05, 3.63) is 27.4 Å². The van der Waals surface area contributed by atoms with Gasteiger partial charge in [0.25, 0.3) is 5.56 Å². The summed E-state index contributed by atoms with van der Waals surface area (Å²) in [4.78, 5) is 19.0. The predicted molar refractivity (Wildman–Crippen MR) is 60.0 cm³/mol. The molecule has 0 spiro atoms. The largest absolute Gasteiger partial charge is 0.376 e. The van der Waals surface area contributed by atoms with Crippen LogP contribution in [0.25, 0.3) is 0 Å². The molecule has 1 aliphatic heterocycles. The smallest absolute Gasteiger partial charge is 0.256 e. The van der Waals surface area contributed by atoms with Gasteiger partial charge in [0.15, 0.2) is 0 Å². The van der Waals surface area contributed by atoms with Crippen LogP contribution in [-0.4, -0.2) is 16.6 Å². The first-order valence-corrected chi connectivity index (χ1v) is 5.54. The SMILES string of the molecule is CCC(C)(N)c1nc2c(c(=O)[nH]1)COCC2. The van der Waals surface area contributed by atoms with E-state index in [1.54, 1.807) is 0 Å². The van der Waals surface area contributed by atoms with E-state index < -0.39 is 5.54 Å². The van der Waals surface area contributed by atoms with E-state index in [-0.39, 0.29) is 5.56 Å². The van der Waals surface area contributed by atoms with Crippen LogP contribution < -0.4 is 11.3 Å². The number of nitrogens with two attached hydrogens (primary N) is 1. The van der Waals surface area contributed by atoms with Crippen LogP contribution in [0.15, 0.2) is 4.79 Å². The summed E-state index contributed by atoms with van der Waals surface area (Å²) < 4.78 is 5.24. The number of nitrogens with one attached hydrogen (secondary N) is 1. The quantitative estimate of drug-likeness (QED) is 0.761. The van der Waals surface area contributed by atoms with Crippen molar-refractivity contribution in [1.82, 2.24) is 9.97 Å². The van der Waals surface area contributed by atoms with Gasteiger partial charge in [-0.2, -0.15) is 0 Å². The highest BCUT2D eigenvalue weighted by Crippen LogP contribution is 2.18. The molecule has 1 aromatic heterocycles. The maximum atomic E-state index is 11.8. The second-order valence-corrected chi connectivity index (χ2v) is 4.41. The van der Waals surface area contributed by atoms with Crippen molar-refractivity contribution < 1.29 is 4.74 Å². The van der Waals surface area contributed by atoms with Crippen LogP contribution >= 0.6 is 0 Å². The molecule has 0 amide bonds. The zero-order valence-corrected chi connectivity index (χ0v) is 9.67. The third kappa shape index (κ3) is 1.88. The Morgan fingerprint density at radius 2 is 2.38 bits per heavy atom. The molecule has 16 heavy (non-hydrogen) atoms. The summed E-state index contributed by atoms with van der Waals surface area (Å²) in [5, 5.41) is 0. The maximum absolute atomic E-state index is 11.8. The van der Waals surface area contributed by atoms with Gasteiger partial charge in [-0.05, 0) is 13.3 Å². The van der Waals surface area contributed by atoms with E-state index >= 15 is 0 Å². The van der Waals surface area contributed by atoms with E-state index in [9.17, 15) is 4.79 Å². The molecular weight excluding hydrogens is 206 g/mol. The molecule has 1 atom stereocenters. The number of fused-ring (bicyclic) bond motifs is 1. The predicted octanol–water partition coefficient (Wildman–Crippen LogP) is 0.426. The Kier molecular flexibility index (Phi) is 2.82. The van der Waals surface area contributed by atoms with Gasteiger partial charge in [-0.15, -0.1) is 0 Å². The molecule has 3 N–H and O–H groups in total. The monoisotopic (exact) mass is 223 g/mol. The van der Waals surface area contributed by atoms with Gasteiger partial charge in [0.1, 0.15) is 5.82 Å².